The van der Waals surface area contributed by atoms with E-state index in [9.17, 15) is 14.4 Å². The van der Waals surface area contributed by atoms with Gasteiger partial charge in [0.1, 0.15) is 0 Å². The first kappa shape index (κ1) is 12.5. The number of carboxylic acid groups (broad SMARTS) is 1. The van der Waals surface area contributed by atoms with Gasteiger partial charge in [-0.1, -0.05) is 0 Å². The van der Waals surface area contributed by atoms with Crippen molar-refractivity contribution in [2.45, 2.75) is 0 Å². The molecule has 0 saturated heterocycles. The molecule has 2 aromatic rings. The minimum Gasteiger partial charge on any atom is -0.476 e. The van der Waals surface area contributed by atoms with E-state index in [1.54, 1.807) is 0 Å². The summed E-state index contributed by atoms with van der Waals surface area (Å²) in [6.45, 7) is 0. The highest BCUT2D eigenvalue weighted by atomic mass is 16.4. The van der Waals surface area contributed by atoms with Crippen LogP contribution in [0, 0.1) is 0 Å². The van der Waals surface area contributed by atoms with E-state index in [1.165, 1.54) is 14.1 Å². The van der Waals surface area contributed by atoms with E-state index in [1.807, 2.05) is 0 Å². The number of nitrogens with two attached hydrogens (primary N) is 1. The lowest BCUT2D eigenvalue weighted by atomic mass is 10.4. The summed E-state index contributed by atoms with van der Waals surface area (Å²) in [5.41, 5.74) is 3.66. The highest BCUT2D eigenvalue weighted by Crippen LogP contribution is 2.10. The summed E-state index contributed by atoms with van der Waals surface area (Å²) in [5, 5.41) is 16.2. The van der Waals surface area contributed by atoms with Crippen LogP contribution in [0.2, 0.25) is 0 Å². The van der Waals surface area contributed by atoms with Crippen molar-refractivity contribution < 1.29 is 9.90 Å². The van der Waals surface area contributed by atoms with Crippen molar-refractivity contribution >= 4 is 11.7 Å². The highest BCUT2D eigenvalue weighted by Gasteiger charge is 2.17. The molecule has 19 heavy (non-hydrogen) atoms. The lowest BCUT2D eigenvalue weighted by Crippen LogP contribution is -2.40. The summed E-state index contributed by atoms with van der Waals surface area (Å²) in [5.74, 6) is -1.54. The van der Waals surface area contributed by atoms with Crippen molar-refractivity contribution in [3.63, 3.8) is 0 Å². The van der Waals surface area contributed by atoms with Gasteiger partial charge in [0.25, 0.3) is 0 Å². The molecule has 0 amide bonds. The third kappa shape index (κ3) is 1.88. The summed E-state index contributed by atoms with van der Waals surface area (Å²) in [6.07, 6.45) is 1.15. The second-order valence-electron chi connectivity index (χ2n) is 3.78. The van der Waals surface area contributed by atoms with E-state index >= 15 is 0 Å². The zero-order chi connectivity index (χ0) is 14.3. The van der Waals surface area contributed by atoms with Gasteiger partial charge in [0.15, 0.2) is 5.69 Å². The zero-order valence-electron chi connectivity index (χ0n) is 10.1. The Morgan fingerprint density at radius 1 is 1.32 bits per heavy atom. The highest BCUT2D eigenvalue weighted by molar-refractivity contribution is 5.91. The van der Waals surface area contributed by atoms with Crippen molar-refractivity contribution in [1.82, 2.24) is 24.1 Å². The van der Waals surface area contributed by atoms with E-state index in [0.29, 0.717) is 0 Å². The monoisotopic (exact) mass is 266 g/mol. The van der Waals surface area contributed by atoms with Gasteiger partial charge in [0, 0.05) is 14.1 Å². The molecular weight excluding hydrogens is 256 g/mol. The molecule has 0 fully saturated rings. The van der Waals surface area contributed by atoms with Crippen LogP contribution in [0.4, 0.5) is 5.69 Å². The van der Waals surface area contributed by atoms with Crippen LogP contribution in [-0.4, -0.2) is 35.2 Å². The van der Waals surface area contributed by atoms with Crippen LogP contribution < -0.4 is 17.0 Å². The Morgan fingerprint density at radius 2 is 1.95 bits per heavy atom. The first-order valence-corrected chi connectivity index (χ1v) is 5.06. The van der Waals surface area contributed by atoms with Gasteiger partial charge in [-0.3, -0.25) is 9.36 Å². The largest absolute Gasteiger partial charge is 0.476 e. The molecule has 0 aliphatic rings. The lowest BCUT2D eigenvalue weighted by molar-refractivity contribution is 0.0691. The number of rotatable bonds is 2. The molecule has 2 heterocycles. The maximum Gasteiger partial charge on any atom is 0.358 e. The quantitative estimate of drug-likeness (QED) is 0.637. The zero-order valence-corrected chi connectivity index (χ0v) is 10.1. The van der Waals surface area contributed by atoms with Gasteiger partial charge in [-0.05, 0) is 0 Å². The molecule has 0 bridgehead atoms. The van der Waals surface area contributed by atoms with E-state index in [2.05, 4.69) is 10.2 Å². The molecule has 100 valence electrons. The maximum absolute atomic E-state index is 11.9. The first-order valence-electron chi connectivity index (χ1n) is 5.06. The summed E-state index contributed by atoms with van der Waals surface area (Å²) in [6, 6.07) is 0. The Labute approximate surface area is 105 Å². The molecule has 0 atom stereocenters. The fourth-order valence-electron chi connectivity index (χ4n) is 1.49. The molecule has 0 saturated carbocycles. The molecule has 0 radical (unpaired) electrons. The van der Waals surface area contributed by atoms with Gasteiger partial charge >= 0.3 is 17.2 Å². The summed E-state index contributed by atoms with van der Waals surface area (Å²) in [4.78, 5) is 34.2. The number of anilines is 1. The van der Waals surface area contributed by atoms with Crippen molar-refractivity contribution in [2.75, 3.05) is 5.73 Å². The number of aryl methyl sites for hydroxylation is 1. The number of aromatic carboxylic acids is 1. The van der Waals surface area contributed by atoms with E-state index in [-0.39, 0.29) is 11.5 Å². The molecule has 0 aliphatic carbocycles. The molecule has 3 N–H and O–H groups in total. The molecule has 0 unspecified atom stereocenters. The third-order valence-corrected chi connectivity index (χ3v) is 2.47. The standard InChI is InChI=1S/C9H10N6O4/c1-13-7(16)6(12-14(2)9(13)19)15-3-4(10)5(11-15)8(17)18/h3H,10H2,1-2H3,(H,17,18). The number of carboxylic acids is 1. The number of hydrogen-bond donors (Lipinski definition) is 2. The van der Waals surface area contributed by atoms with Crippen LogP contribution in [0.15, 0.2) is 15.8 Å². The predicted molar refractivity (Wildman–Crippen MR) is 63.2 cm³/mol. The Kier molecular flexibility index (Phi) is 2.70. The molecular formula is C9H10N6O4. The van der Waals surface area contributed by atoms with Crippen LogP contribution in [0.25, 0.3) is 5.82 Å². The van der Waals surface area contributed by atoms with E-state index < -0.39 is 22.9 Å². The SMILES string of the molecule is Cn1nc(-n2cc(N)c(C(=O)O)n2)c(=O)n(C)c1=O. The van der Waals surface area contributed by atoms with E-state index in [4.69, 9.17) is 10.8 Å². The van der Waals surface area contributed by atoms with Crippen molar-refractivity contribution in [3.05, 3.63) is 32.7 Å². The van der Waals surface area contributed by atoms with Crippen LogP contribution in [0.1, 0.15) is 10.5 Å². The molecule has 0 aromatic carbocycles. The summed E-state index contributed by atoms with van der Waals surface area (Å²) >= 11 is 0. The minimum atomic E-state index is -1.32. The smallest absolute Gasteiger partial charge is 0.358 e. The van der Waals surface area contributed by atoms with Gasteiger partial charge < -0.3 is 10.8 Å². The summed E-state index contributed by atoms with van der Waals surface area (Å²) in [7, 11) is 2.64. The predicted octanol–water partition coefficient (Wildman–Crippen LogP) is -2.05. The fraction of sp³-hybridized carbons (Fsp3) is 0.222. The van der Waals surface area contributed by atoms with Crippen LogP contribution in [0.5, 0.6) is 0 Å². The molecule has 10 nitrogen and oxygen atoms in total. The molecule has 0 aliphatic heterocycles. The molecule has 10 heteroatoms. The number of aromatic nitrogens is 5. The van der Waals surface area contributed by atoms with Gasteiger partial charge in [-0.15, -0.1) is 5.10 Å². The molecule has 2 aromatic heterocycles. The first-order chi connectivity index (χ1) is 8.82. The second kappa shape index (κ2) is 4.08. The van der Waals surface area contributed by atoms with Crippen LogP contribution in [-0.2, 0) is 14.1 Å². The third-order valence-electron chi connectivity index (χ3n) is 2.47. The summed E-state index contributed by atoms with van der Waals surface area (Å²) < 4.78 is 2.70. The van der Waals surface area contributed by atoms with Gasteiger partial charge in [0.05, 0.1) is 11.9 Å². The van der Waals surface area contributed by atoms with Gasteiger partial charge in [-0.2, -0.15) is 5.10 Å². The Balaban J connectivity index is 2.73. The normalized spacial score (nSPS) is 10.6. The van der Waals surface area contributed by atoms with Crippen LogP contribution >= 0.6 is 0 Å². The van der Waals surface area contributed by atoms with Crippen LogP contribution in [0.3, 0.4) is 0 Å². The topological polar surface area (TPSA) is 138 Å². The molecule has 0 spiro atoms. The maximum atomic E-state index is 11.9. The van der Waals surface area contributed by atoms with Gasteiger partial charge in [0.2, 0.25) is 5.82 Å². The van der Waals surface area contributed by atoms with Crippen molar-refractivity contribution in [1.29, 1.82) is 0 Å². The molecule has 2 rings (SSSR count). The van der Waals surface area contributed by atoms with Crippen molar-refractivity contribution in [2.24, 2.45) is 14.1 Å². The van der Waals surface area contributed by atoms with Crippen molar-refractivity contribution in [3.8, 4) is 5.82 Å². The minimum absolute atomic E-state index is 0.106. The number of carbonyl (C=O) groups is 1. The van der Waals surface area contributed by atoms with E-state index in [0.717, 1.165) is 20.1 Å². The lowest BCUT2D eigenvalue weighted by Gasteiger charge is -2.04. The fourth-order valence-corrected chi connectivity index (χ4v) is 1.49. The van der Waals surface area contributed by atoms with Gasteiger partial charge in [-0.25, -0.2) is 19.0 Å². The Bertz CT molecular complexity index is 783. The number of nitrogen functional groups attached to an aromatic ring is 1. The average molecular weight is 266 g/mol. The Morgan fingerprint density at radius 3 is 2.47 bits per heavy atom. The number of hydrogen-bond acceptors (Lipinski definition) is 6. The second-order valence-corrected chi connectivity index (χ2v) is 3.78. The Hall–Kier alpha value is -2.91. The number of nitrogens with zero attached hydrogens (tertiary/aromatic N) is 5. The average Bonchev–Trinajstić information content (AvgIpc) is 2.73.